The highest BCUT2D eigenvalue weighted by Crippen LogP contribution is 2.41. The monoisotopic (exact) mass is 317 g/mol. The molecule has 1 heterocycles. The molecule has 0 aliphatic rings. The predicted molar refractivity (Wildman–Crippen MR) is 75.7 cm³/mol. The number of hydrogen-bond acceptors (Lipinski definition) is 8. The van der Waals surface area contributed by atoms with E-state index in [1.54, 1.807) is 0 Å². The largest absolute Gasteiger partial charge is 0.867 e. The fourth-order valence-electron chi connectivity index (χ4n) is 2.16. The van der Waals surface area contributed by atoms with Crippen LogP contribution in [0.2, 0.25) is 0 Å². The number of aromatic hydroxyl groups is 5. The third kappa shape index (κ3) is 2.04. The highest BCUT2D eigenvalue weighted by Gasteiger charge is 2.20. The van der Waals surface area contributed by atoms with Crippen LogP contribution in [0.3, 0.4) is 0 Å². The van der Waals surface area contributed by atoms with Crippen LogP contribution in [0.4, 0.5) is 0 Å². The Bertz CT molecular complexity index is 1000. The highest BCUT2D eigenvalue weighted by molar-refractivity contribution is 5.92. The quantitative estimate of drug-likeness (QED) is 0.417. The number of rotatable bonds is 1. The van der Waals surface area contributed by atoms with E-state index in [0.717, 1.165) is 12.1 Å². The maximum Gasteiger partial charge on any atom is 0.238 e. The Morgan fingerprint density at radius 3 is 2.22 bits per heavy atom. The molecule has 3 aromatic rings. The summed E-state index contributed by atoms with van der Waals surface area (Å²) in [5.74, 6) is -4.92. The second-order valence-corrected chi connectivity index (χ2v) is 4.76. The van der Waals surface area contributed by atoms with Crippen LogP contribution in [0.25, 0.3) is 22.3 Å². The molecule has 0 saturated carbocycles. The van der Waals surface area contributed by atoms with Gasteiger partial charge in [-0.05, 0) is 23.9 Å². The van der Waals surface area contributed by atoms with Crippen LogP contribution in [0.5, 0.6) is 34.5 Å². The zero-order valence-electron chi connectivity index (χ0n) is 11.3. The van der Waals surface area contributed by atoms with Gasteiger partial charge in [0.05, 0.1) is 0 Å². The molecule has 0 atom stereocenters. The van der Waals surface area contributed by atoms with Crippen LogP contribution in [0, 0.1) is 0 Å². The summed E-state index contributed by atoms with van der Waals surface area (Å²) in [4.78, 5) is 12.2. The summed E-state index contributed by atoms with van der Waals surface area (Å²) in [5.41, 5.74) is -1.73. The summed E-state index contributed by atoms with van der Waals surface area (Å²) in [5, 5.41) is 59.2. The number of phenolic OH excluding ortho intramolecular Hbond substituents is 4. The number of fused-ring (bicyclic) bond motifs is 1. The first kappa shape index (κ1) is 14.4. The second kappa shape index (κ2) is 4.73. The molecule has 0 unspecified atom stereocenters. The molecule has 0 spiro atoms. The minimum absolute atomic E-state index is 0.000896. The van der Waals surface area contributed by atoms with E-state index in [9.17, 15) is 35.4 Å². The van der Waals surface area contributed by atoms with Gasteiger partial charge in [-0.3, -0.25) is 4.79 Å². The van der Waals surface area contributed by atoms with Crippen molar-refractivity contribution in [1.82, 2.24) is 0 Å². The van der Waals surface area contributed by atoms with Gasteiger partial charge in [0, 0.05) is 11.6 Å². The Balaban J connectivity index is 2.43. The lowest BCUT2D eigenvalue weighted by Gasteiger charge is -2.14. The summed E-state index contributed by atoms with van der Waals surface area (Å²) in [7, 11) is 0. The molecule has 0 bridgehead atoms. The normalized spacial score (nSPS) is 11.0. The van der Waals surface area contributed by atoms with Crippen LogP contribution in [-0.4, -0.2) is 25.5 Å². The molecular weight excluding hydrogens is 308 g/mol. The van der Waals surface area contributed by atoms with Gasteiger partial charge in [-0.2, -0.15) is 0 Å². The van der Waals surface area contributed by atoms with Crippen LogP contribution >= 0.6 is 0 Å². The van der Waals surface area contributed by atoms with Gasteiger partial charge < -0.3 is 35.1 Å². The van der Waals surface area contributed by atoms with Crippen LogP contribution in [-0.2, 0) is 0 Å². The molecule has 0 fully saturated rings. The Labute approximate surface area is 127 Å². The van der Waals surface area contributed by atoms with Crippen molar-refractivity contribution >= 4 is 11.0 Å². The van der Waals surface area contributed by atoms with Gasteiger partial charge in [-0.15, -0.1) is 0 Å². The third-order valence-corrected chi connectivity index (χ3v) is 3.29. The van der Waals surface area contributed by atoms with Crippen molar-refractivity contribution in [1.29, 1.82) is 0 Å². The number of benzene rings is 2. The Morgan fingerprint density at radius 1 is 0.870 bits per heavy atom. The molecule has 23 heavy (non-hydrogen) atoms. The summed E-state index contributed by atoms with van der Waals surface area (Å²) < 4.78 is 5.17. The molecule has 1 aromatic heterocycles. The van der Waals surface area contributed by atoms with Crippen LogP contribution < -0.4 is 10.5 Å². The Hall–Kier alpha value is -3.55. The minimum Gasteiger partial charge on any atom is -0.867 e. The number of phenols is 4. The average Bonchev–Trinajstić information content (AvgIpc) is 2.50. The van der Waals surface area contributed by atoms with Crippen molar-refractivity contribution in [3.8, 4) is 45.8 Å². The molecule has 0 amide bonds. The standard InChI is InChI=1S/C15H10O8/c16-6-2-1-5(3-7(6)17)14-13(22)12(21)10-8(18)4-9(19)11(20)15(10)23-14/h1-4,16-20,22H/p-1. The number of hydrogen-bond donors (Lipinski definition) is 5. The molecule has 5 N–H and O–H groups in total. The van der Waals surface area contributed by atoms with Gasteiger partial charge in [0.1, 0.15) is 22.5 Å². The molecule has 8 heteroatoms. The average molecular weight is 317 g/mol. The van der Waals surface area contributed by atoms with Crippen molar-refractivity contribution in [2.24, 2.45) is 0 Å². The van der Waals surface area contributed by atoms with Crippen molar-refractivity contribution in [3.05, 3.63) is 34.5 Å². The molecule has 2 aromatic carbocycles. The lowest BCUT2D eigenvalue weighted by atomic mass is 10.1. The molecule has 0 saturated heterocycles. The summed E-state index contributed by atoms with van der Waals surface area (Å²) in [6.45, 7) is 0. The van der Waals surface area contributed by atoms with E-state index in [4.69, 9.17) is 4.42 Å². The molecule has 0 radical (unpaired) electrons. The maximum atomic E-state index is 12.2. The van der Waals surface area contributed by atoms with Crippen molar-refractivity contribution in [2.45, 2.75) is 0 Å². The first-order valence-corrected chi connectivity index (χ1v) is 6.25. The van der Waals surface area contributed by atoms with E-state index in [1.165, 1.54) is 6.07 Å². The third-order valence-electron chi connectivity index (χ3n) is 3.29. The topological polar surface area (TPSA) is 154 Å². The van der Waals surface area contributed by atoms with E-state index in [2.05, 4.69) is 0 Å². The maximum absolute atomic E-state index is 12.2. The van der Waals surface area contributed by atoms with E-state index in [0.29, 0.717) is 6.07 Å². The van der Waals surface area contributed by atoms with E-state index < -0.39 is 56.7 Å². The van der Waals surface area contributed by atoms with Gasteiger partial charge in [0.25, 0.3) is 0 Å². The summed E-state index contributed by atoms with van der Waals surface area (Å²) >= 11 is 0. The fraction of sp³-hybridized carbons (Fsp3) is 0. The van der Waals surface area contributed by atoms with Crippen LogP contribution in [0.1, 0.15) is 0 Å². The second-order valence-electron chi connectivity index (χ2n) is 4.76. The van der Waals surface area contributed by atoms with Crippen molar-refractivity contribution < 1.29 is 35.1 Å². The summed E-state index contributed by atoms with van der Waals surface area (Å²) in [6.07, 6.45) is 0. The fourth-order valence-corrected chi connectivity index (χ4v) is 2.16. The van der Waals surface area contributed by atoms with E-state index in [-0.39, 0.29) is 5.56 Å². The van der Waals surface area contributed by atoms with Gasteiger partial charge in [-0.1, -0.05) is 0 Å². The molecular formula is C15H9O8-. The predicted octanol–water partition coefficient (Wildman–Crippen LogP) is 1.06. The molecule has 0 aliphatic heterocycles. The minimum atomic E-state index is -1.08. The molecule has 118 valence electrons. The smallest absolute Gasteiger partial charge is 0.238 e. The van der Waals surface area contributed by atoms with Gasteiger partial charge in [0.15, 0.2) is 17.3 Å². The molecule has 0 aliphatic carbocycles. The Morgan fingerprint density at radius 2 is 1.57 bits per heavy atom. The van der Waals surface area contributed by atoms with Gasteiger partial charge in [0.2, 0.25) is 11.2 Å². The SMILES string of the molecule is O=c1c(O)c(-c2ccc(O)c(O)c2)oc2c([O-])c(O)cc(O)c12. The van der Waals surface area contributed by atoms with Crippen molar-refractivity contribution in [2.75, 3.05) is 0 Å². The van der Waals surface area contributed by atoms with E-state index in [1.807, 2.05) is 0 Å². The zero-order chi connectivity index (χ0) is 16.9. The Kier molecular flexibility index (Phi) is 2.96. The van der Waals surface area contributed by atoms with E-state index >= 15 is 0 Å². The van der Waals surface area contributed by atoms with Gasteiger partial charge in [-0.25, -0.2) is 0 Å². The first-order chi connectivity index (χ1) is 10.8. The van der Waals surface area contributed by atoms with Crippen LogP contribution in [0.15, 0.2) is 33.5 Å². The molecule has 3 rings (SSSR count). The highest BCUT2D eigenvalue weighted by atomic mass is 16.4. The lowest BCUT2D eigenvalue weighted by Crippen LogP contribution is -2.05. The zero-order valence-corrected chi connectivity index (χ0v) is 11.3. The summed E-state index contributed by atoms with van der Waals surface area (Å²) in [6, 6.07) is 4.00. The first-order valence-electron chi connectivity index (χ1n) is 6.25. The lowest BCUT2D eigenvalue weighted by molar-refractivity contribution is -0.268. The molecule has 8 nitrogen and oxygen atoms in total. The van der Waals surface area contributed by atoms with Gasteiger partial charge >= 0.3 is 0 Å². The van der Waals surface area contributed by atoms with Crippen molar-refractivity contribution in [3.63, 3.8) is 0 Å².